The second kappa shape index (κ2) is 3.93. The van der Waals surface area contributed by atoms with Crippen LogP contribution in [0, 0.1) is 0 Å². The second-order valence-corrected chi connectivity index (χ2v) is 7.53. The molecule has 0 spiro atoms. The van der Waals surface area contributed by atoms with Gasteiger partial charge in [0.2, 0.25) is 0 Å². The predicted molar refractivity (Wildman–Crippen MR) is 89.3 cm³/mol. The molecule has 2 aromatic carbocycles. The quantitative estimate of drug-likeness (QED) is 0.550. The lowest BCUT2D eigenvalue weighted by molar-refractivity contribution is 0.717. The van der Waals surface area contributed by atoms with E-state index in [2.05, 4.69) is 48.5 Å². The van der Waals surface area contributed by atoms with Gasteiger partial charge in [-0.25, -0.2) is 0 Å². The van der Waals surface area contributed by atoms with Gasteiger partial charge in [0.25, 0.3) is 0 Å². The van der Waals surface area contributed by atoms with Crippen molar-refractivity contribution in [3.05, 3.63) is 81.9 Å². The first-order valence-corrected chi connectivity index (χ1v) is 8.85. The molecule has 0 heteroatoms. The van der Waals surface area contributed by atoms with E-state index in [4.69, 9.17) is 0 Å². The van der Waals surface area contributed by atoms with Crippen molar-refractivity contribution in [2.24, 2.45) is 0 Å². The van der Waals surface area contributed by atoms with Crippen LogP contribution in [-0.4, -0.2) is 0 Å². The summed E-state index contributed by atoms with van der Waals surface area (Å²) in [5, 5.41) is 0. The standard InChI is InChI=1S/C22H20/c1-2-6-14-13(5-1)17-9-10-18(14)21(17)22-19-11-12-20(22)16-8-4-3-7-15(16)19/h1-8,17-20H,9-12H2/t17-,18+,19-,20+. The Labute approximate surface area is 131 Å². The Bertz CT molecular complexity index is 690. The van der Waals surface area contributed by atoms with E-state index in [1.807, 2.05) is 11.1 Å². The van der Waals surface area contributed by atoms with E-state index in [1.54, 1.807) is 22.3 Å². The molecule has 0 nitrogen and oxygen atoms in total. The molecule has 2 saturated carbocycles. The van der Waals surface area contributed by atoms with E-state index < -0.39 is 0 Å². The van der Waals surface area contributed by atoms with E-state index >= 15 is 0 Å². The molecule has 0 amide bonds. The molecule has 0 aromatic heterocycles. The Morgan fingerprint density at radius 2 is 0.727 bits per heavy atom. The Hall–Kier alpha value is -1.82. The third-order valence-corrected chi connectivity index (χ3v) is 6.82. The van der Waals surface area contributed by atoms with Gasteiger partial charge in [0.1, 0.15) is 0 Å². The first-order chi connectivity index (χ1) is 10.9. The molecule has 2 fully saturated rings. The molecule has 4 aliphatic carbocycles. The number of hydrogen-bond donors (Lipinski definition) is 0. The van der Waals surface area contributed by atoms with Gasteiger partial charge in [0, 0.05) is 23.7 Å². The monoisotopic (exact) mass is 284 g/mol. The van der Waals surface area contributed by atoms with Crippen LogP contribution in [0.3, 0.4) is 0 Å². The van der Waals surface area contributed by atoms with Gasteiger partial charge >= 0.3 is 0 Å². The van der Waals surface area contributed by atoms with Gasteiger partial charge in [0.05, 0.1) is 0 Å². The van der Waals surface area contributed by atoms with Crippen LogP contribution in [0.2, 0.25) is 0 Å². The molecule has 0 unspecified atom stereocenters. The summed E-state index contributed by atoms with van der Waals surface area (Å²) in [7, 11) is 0. The molecule has 2 aromatic rings. The zero-order chi connectivity index (χ0) is 14.3. The van der Waals surface area contributed by atoms with Crippen LogP contribution in [0.25, 0.3) is 0 Å². The average Bonchev–Trinajstić information content (AvgIpc) is 3.31. The topological polar surface area (TPSA) is 0 Å². The average molecular weight is 284 g/mol. The van der Waals surface area contributed by atoms with Crippen molar-refractivity contribution in [1.29, 1.82) is 0 Å². The third-order valence-electron chi connectivity index (χ3n) is 6.82. The Morgan fingerprint density at radius 3 is 1.00 bits per heavy atom. The highest BCUT2D eigenvalue weighted by atomic mass is 14.5. The number of benzene rings is 2. The van der Waals surface area contributed by atoms with E-state index in [9.17, 15) is 0 Å². The summed E-state index contributed by atoms with van der Waals surface area (Å²) in [6.07, 6.45) is 5.54. The molecule has 0 N–H and O–H groups in total. The fraction of sp³-hybridized carbons (Fsp3) is 0.364. The first kappa shape index (κ1) is 11.7. The van der Waals surface area contributed by atoms with Crippen LogP contribution >= 0.6 is 0 Å². The second-order valence-electron chi connectivity index (χ2n) is 7.53. The van der Waals surface area contributed by atoms with Gasteiger partial charge in [-0.1, -0.05) is 59.7 Å². The summed E-state index contributed by atoms with van der Waals surface area (Å²) in [6.45, 7) is 0. The van der Waals surface area contributed by atoms with E-state index in [-0.39, 0.29) is 0 Å². The number of hydrogen-bond acceptors (Lipinski definition) is 0. The SMILES string of the molecule is c1ccc2c(c1)[C@@H]1CC[C@H]2C1=C1[C@H]2CC[C@@H]1c1ccccc12. The van der Waals surface area contributed by atoms with Gasteiger partial charge in [-0.15, -0.1) is 0 Å². The van der Waals surface area contributed by atoms with Crippen LogP contribution in [-0.2, 0) is 0 Å². The van der Waals surface area contributed by atoms with E-state index in [0.29, 0.717) is 0 Å². The van der Waals surface area contributed by atoms with Crippen LogP contribution in [0.5, 0.6) is 0 Å². The van der Waals surface area contributed by atoms with Crippen molar-refractivity contribution in [2.45, 2.75) is 49.4 Å². The lowest BCUT2D eigenvalue weighted by atomic mass is 9.89. The molecule has 0 radical (unpaired) electrons. The van der Waals surface area contributed by atoms with Crippen LogP contribution in [0.1, 0.15) is 71.6 Å². The normalized spacial score (nSPS) is 36.7. The van der Waals surface area contributed by atoms with Crippen molar-refractivity contribution < 1.29 is 0 Å². The highest BCUT2D eigenvalue weighted by Gasteiger charge is 2.49. The van der Waals surface area contributed by atoms with Crippen molar-refractivity contribution in [3.8, 4) is 0 Å². The zero-order valence-corrected chi connectivity index (χ0v) is 12.8. The minimum absolute atomic E-state index is 0.744. The fourth-order valence-electron chi connectivity index (χ4n) is 6.16. The molecule has 4 bridgehead atoms. The van der Waals surface area contributed by atoms with Crippen LogP contribution < -0.4 is 0 Å². The highest BCUT2D eigenvalue weighted by molar-refractivity contribution is 5.62. The number of fused-ring (bicyclic) bond motifs is 10. The number of allylic oxidation sites excluding steroid dienone is 2. The highest BCUT2D eigenvalue weighted by Crippen LogP contribution is 2.65. The summed E-state index contributed by atoms with van der Waals surface area (Å²) >= 11 is 0. The van der Waals surface area contributed by atoms with Crippen molar-refractivity contribution in [3.63, 3.8) is 0 Å². The van der Waals surface area contributed by atoms with Gasteiger partial charge < -0.3 is 0 Å². The zero-order valence-electron chi connectivity index (χ0n) is 12.8. The summed E-state index contributed by atoms with van der Waals surface area (Å²) < 4.78 is 0. The van der Waals surface area contributed by atoms with Crippen LogP contribution in [0.15, 0.2) is 59.7 Å². The molecule has 108 valence electrons. The van der Waals surface area contributed by atoms with Crippen LogP contribution in [0.4, 0.5) is 0 Å². The molecule has 4 aliphatic rings. The minimum atomic E-state index is 0.744. The molecule has 0 saturated heterocycles. The van der Waals surface area contributed by atoms with Gasteiger partial charge in [0.15, 0.2) is 0 Å². The summed E-state index contributed by atoms with van der Waals surface area (Å²) in [4.78, 5) is 0. The van der Waals surface area contributed by atoms with Gasteiger partial charge in [-0.3, -0.25) is 0 Å². The van der Waals surface area contributed by atoms with Crippen molar-refractivity contribution in [2.75, 3.05) is 0 Å². The molecule has 22 heavy (non-hydrogen) atoms. The first-order valence-electron chi connectivity index (χ1n) is 8.85. The molecule has 0 heterocycles. The number of rotatable bonds is 0. The summed E-state index contributed by atoms with van der Waals surface area (Å²) in [6, 6.07) is 18.5. The van der Waals surface area contributed by atoms with Crippen molar-refractivity contribution >= 4 is 0 Å². The third kappa shape index (κ3) is 1.23. The Morgan fingerprint density at radius 1 is 0.455 bits per heavy atom. The molecule has 0 aliphatic heterocycles. The lowest BCUT2D eigenvalue weighted by Gasteiger charge is -2.15. The summed E-state index contributed by atoms with van der Waals surface area (Å²) in [5.74, 6) is 2.98. The Kier molecular flexibility index (Phi) is 2.09. The fourth-order valence-corrected chi connectivity index (χ4v) is 6.16. The van der Waals surface area contributed by atoms with Crippen molar-refractivity contribution in [1.82, 2.24) is 0 Å². The van der Waals surface area contributed by atoms with E-state index in [0.717, 1.165) is 23.7 Å². The van der Waals surface area contributed by atoms with Gasteiger partial charge in [-0.2, -0.15) is 0 Å². The predicted octanol–water partition coefficient (Wildman–Crippen LogP) is 5.63. The summed E-state index contributed by atoms with van der Waals surface area (Å²) in [5.41, 5.74) is 10.3. The molecular formula is C22H20. The smallest absolute Gasteiger partial charge is 0.00607 e. The molecule has 6 rings (SSSR count). The molecule has 4 atom stereocenters. The minimum Gasteiger partial charge on any atom is -0.0620 e. The van der Waals surface area contributed by atoms with E-state index in [1.165, 1.54) is 25.7 Å². The van der Waals surface area contributed by atoms with Gasteiger partial charge in [-0.05, 0) is 47.9 Å². The Balaban J connectivity index is 1.59. The molecular weight excluding hydrogens is 264 g/mol. The maximum atomic E-state index is 2.39. The lowest BCUT2D eigenvalue weighted by Crippen LogP contribution is -1.98. The largest absolute Gasteiger partial charge is 0.0620 e. The maximum Gasteiger partial charge on any atom is 0.00607 e. The maximum absolute atomic E-state index is 2.39.